The molecule has 0 nitrogen and oxygen atoms in total. The van der Waals surface area contributed by atoms with Gasteiger partial charge in [-0.05, 0) is 40.3 Å². The van der Waals surface area contributed by atoms with E-state index in [1.807, 2.05) is 0 Å². The van der Waals surface area contributed by atoms with Crippen LogP contribution in [-0.4, -0.2) is 12.5 Å². The van der Waals surface area contributed by atoms with Crippen molar-refractivity contribution in [2.24, 2.45) is 0 Å². The van der Waals surface area contributed by atoms with Gasteiger partial charge >= 0.3 is 0 Å². The van der Waals surface area contributed by atoms with Gasteiger partial charge in [-0.2, -0.15) is 0 Å². The molecule has 68 valence electrons. The highest BCUT2D eigenvalue weighted by Crippen LogP contribution is 2.30. The first kappa shape index (κ1) is 8.64. The van der Waals surface area contributed by atoms with Gasteiger partial charge in [0.2, 0.25) is 0 Å². The van der Waals surface area contributed by atoms with Crippen LogP contribution in [0, 0.1) is 0 Å². The zero-order valence-electron chi connectivity index (χ0n) is 7.99. The average Bonchev–Trinajstić information content (AvgIpc) is 2.17. The van der Waals surface area contributed by atoms with Crippen molar-refractivity contribution in [1.82, 2.24) is 0 Å². The zero-order valence-corrected chi connectivity index (χ0v) is 8.88. The molecule has 2 aromatic carbocycles. The van der Waals surface area contributed by atoms with Gasteiger partial charge in [0.15, 0.2) is 0 Å². The Bertz CT molecular complexity index is 418. The topological polar surface area (TPSA) is 0 Å². The molecule has 0 saturated heterocycles. The second kappa shape index (κ2) is 3.43. The molecule has 0 saturated carbocycles. The molecule has 1 heteroatoms. The lowest BCUT2D eigenvalue weighted by Crippen LogP contribution is -1.78. The summed E-state index contributed by atoms with van der Waals surface area (Å²) in [6.45, 7) is 0. The molecule has 0 aromatic heterocycles. The van der Waals surface area contributed by atoms with Crippen molar-refractivity contribution in [1.29, 1.82) is 0 Å². The number of hydrogen-bond acceptors (Lipinski definition) is 0. The third kappa shape index (κ3) is 1.70. The minimum atomic E-state index is 0.0312. The van der Waals surface area contributed by atoms with Crippen LogP contribution in [0.15, 0.2) is 47.4 Å². The molecule has 0 amide bonds. The van der Waals surface area contributed by atoms with Crippen molar-refractivity contribution in [3.63, 3.8) is 0 Å². The fourth-order valence-corrected chi connectivity index (χ4v) is 2.22. The monoisotopic (exact) mass is 190 g/mol. The summed E-state index contributed by atoms with van der Waals surface area (Å²) in [6.07, 6.45) is 4.58. The molecule has 0 aliphatic rings. The Labute approximate surface area is 81.9 Å². The molecule has 0 heterocycles. The number of thiol groups is 1. The van der Waals surface area contributed by atoms with Gasteiger partial charge in [-0.15, -0.1) is 0 Å². The molecule has 2 rings (SSSR count). The Balaban J connectivity index is 2.62. The van der Waals surface area contributed by atoms with E-state index in [0.29, 0.717) is 0 Å². The lowest BCUT2D eigenvalue weighted by Gasteiger charge is -2.10. The van der Waals surface area contributed by atoms with Gasteiger partial charge in [-0.3, -0.25) is 0 Å². The van der Waals surface area contributed by atoms with E-state index in [-0.39, 0.29) is 10.9 Å². The van der Waals surface area contributed by atoms with Crippen LogP contribution in [0.4, 0.5) is 0 Å². The van der Waals surface area contributed by atoms with Gasteiger partial charge in [0.25, 0.3) is 0 Å². The first-order chi connectivity index (χ1) is 6.27. The van der Waals surface area contributed by atoms with E-state index in [1.165, 1.54) is 15.7 Å². The molecule has 0 fully saturated rings. The summed E-state index contributed by atoms with van der Waals surface area (Å²) in [4.78, 5) is 1.48. The quantitative estimate of drug-likeness (QED) is 0.654. The fraction of sp³-hybridized carbons (Fsp3) is 0.167. The van der Waals surface area contributed by atoms with E-state index in [9.17, 15) is 0 Å². The third-order valence-corrected chi connectivity index (χ3v) is 3.56. The van der Waals surface area contributed by atoms with Crippen LogP contribution in [0.2, 0.25) is 0 Å². The molecular formula is C12H14S. The Kier molecular flexibility index (Phi) is 2.28. The Morgan fingerprint density at radius 3 is 2.23 bits per heavy atom. The molecule has 0 spiro atoms. The van der Waals surface area contributed by atoms with Crippen LogP contribution < -0.4 is 0 Å². The van der Waals surface area contributed by atoms with E-state index >= 15 is 0 Å². The van der Waals surface area contributed by atoms with Gasteiger partial charge in [0.05, 0.1) is 0 Å². The summed E-state index contributed by atoms with van der Waals surface area (Å²) in [5, 5.41) is 2.69. The van der Waals surface area contributed by atoms with Gasteiger partial charge < -0.3 is 0 Å². The molecule has 13 heavy (non-hydrogen) atoms. The maximum atomic E-state index is 2.31. The predicted molar refractivity (Wildman–Crippen MR) is 63.0 cm³/mol. The van der Waals surface area contributed by atoms with Crippen molar-refractivity contribution in [2.45, 2.75) is 4.90 Å². The molecule has 0 N–H and O–H groups in total. The number of fused-ring (bicyclic) bond motifs is 1. The molecule has 0 aliphatic heterocycles. The average molecular weight is 190 g/mol. The van der Waals surface area contributed by atoms with Gasteiger partial charge in [-0.25, -0.2) is 10.9 Å². The van der Waals surface area contributed by atoms with Gasteiger partial charge in [-0.1, -0.05) is 30.3 Å². The summed E-state index contributed by atoms with van der Waals surface area (Å²) in [5.41, 5.74) is 0. The summed E-state index contributed by atoms with van der Waals surface area (Å²) in [6, 6.07) is 15.3. The lowest BCUT2D eigenvalue weighted by atomic mass is 10.1. The Hall–Kier alpha value is -0.950. The molecule has 0 unspecified atom stereocenters. The highest BCUT2D eigenvalue weighted by Gasteiger charge is 1.96. The van der Waals surface area contributed by atoms with E-state index in [1.54, 1.807) is 0 Å². The van der Waals surface area contributed by atoms with Crippen LogP contribution >= 0.6 is 10.9 Å². The molecule has 0 aliphatic carbocycles. The van der Waals surface area contributed by atoms with Crippen LogP contribution in [0.25, 0.3) is 10.8 Å². The Morgan fingerprint density at radius 1 is 0.846 bits per heavy atom. The zero-order chi connectivity index (χ0) is 9.26. The van der Waals surface area contributed by atoms with E-state index < -0.39 is 0 Å². The summed E-state index contributed by atoms with van der Waals surface area (Å²) in [5.74, 6) is 0. The number of hydrogen-bond donors (Lipinski definition) is 1. The summed E-state index contributed by atoms with van der Waals surface area (Å²) in [7, 11) is 0.0312. The smallest absolute Gasteiger partial charge is 0.0124 e. The van der Waals surface area contributed by atoms with Crippen LogP contribution in [0.5, 0.6) is 0 Å². The molecular weight excluding hydrogens is 176 g/mol. The van der Waals surface area contributed by atoms with Crippen molar-refractivity contribution in [3.05, 3.63) is 42.5 Å². The maximum absolute atomic E-state index is 2.31. The highest BCUT2D eigenvalue weighted by molar-refractivity contribution is 8.15. The van der Waals surface area contributed by atoms with Gasteiger partial charge in [0, 0.05) is 0 Å². The second-order valence-corrected chi connectivity index (χ2v) is 5.73. The van der Waals surface area contributed by atoms with Crippen LogP contribution in [-0.2, 0) is 0 Å². The Morgan fingerprint density at radius 2 is 1.54 bits per heavy atom. The minimum Gasteiger partial charge on any atom is -0.233 e. The van der Waals surface area contributed by atoms with Crippen molar-refractivity contribution < 1.29 is 0 Å². The summed E-state index contributed by atoms with van der Waals surface area (Å²) >= 11 is 0. The lowest BCUT2D eigenvalue weighted by molar-refractivity contribution is 1.50. The highest BCUT2D eigenvalue weighted by atomic mass is 32.2. The fourth-order valence-electron chi connectivity index (χ4n) is 1.45. The van der Waals surface area contributed by atoms with Crippen molar-refractivity contribution >= 4 is 21.7 Å². The summed E-state index contributed by atoms with van der Waals surface area (Å²) < 4.78 is 0. The first-order valence-corrected chi connectivity index (χ1v) is 6.67. The number of benzene rings is 2. The molecule has 0 atom stereocenters. The predicted octanol–water partition coefficient (Wildman–Crippen LogP) is 3.46. The molecule has 0 radical (unpaired) electrons. The normalized spacial score (nSPS) is 11.7. The van der Waals surface area contributed by atoms with Crippen molar-refractivity contribution in [3.8, 4) is 0 Å². The second-order valence-electron chi connectivity index (χ2n) is 3.43. The molecule has 0 bridgehead atoms. The van der Waals surface area contributed by atoms with E-state index in [0.717, 1.165) is 0 Å². The maximum Gasteiger partial charge on any atom is -0.0124 e. The van der Waals surface area contributed by atoms with E-state index in [2.05, 4.69) is 55.0 Å². The van der Waals surface area contributed by atoms with Crippen molar-refractivity contribution in [2.75, 3.05) is 12.5 Å². The van der Waals surface area contributed by atoms with Crippen LogP contribution in [0.1, 0.15) is 0 Å². The van der Waals surface area contributed by atoms with Crippen LogP contribution in [0.3, 0.4) is 0 Å². The minimum absolute atomic E-state index is 0.0312. The standard InChI is InChI=1S/C12H14S/c1-13(2)12-8-7-10-5-3-4-6-11(10)9-12/h3-9,13H,1-2H3. The third-order valence-electron chi connectivity index (χ3n) is 2.25. The SMILES string of the molecule is C[SH](C)c1ccc2ccccc2c1. The largest absolute Gasteiger partial charge is 0.233 e. The van der Waals surface area contributed by atoms with E-state index in [4.69, 9.17) is 0 Å². The number of rotatable bonds is 1. The first-order valence-electron chi connectivity index (χ1n) is 4.43. The van der Waals surface area contributed by atoms with Gasteiger partial charge in [0.1, 0.15) is 0 Å². The molecule has 2 aromatic rings.